The molecule has 0 saturated heterocycles. The van der Waals surface area contributed by atoms with Gasteiger partial charge in [0.1, 0.15) is 5.76 Å². The first-order valence-corrected chi connectivity index (χ1v) is 8.12. The lowest BCUT2D eigenvalue weighted by Crippen LogP contribution is -2.22. The van der Waals surface area contributed by atoms with Gasteiger partial charge in [-0.1, -0.05) is 29.3 Å². The van der Waals surface area contributed by atoms with Gasteiger partial charge in [0.2, 0.25) is 0 Å². The third-order valence-electron chi connectivity index (χ3n) is 4.73. The third-order valence-corrected chi connectivity index (χ3v) is 5.03. The summed E-state index contributed by atoms with van der Waals surface area (Å²) in [6.45, 7) is 0. The number of aliphatic hydroxyl groups is 1. The van der Waals surface area contributed by atoms with Crippen LogP contribution in [0.15, 0.2) is 45.1 Å². The number of halogens is 1. The van der Waals surface area contributed by atoms with Crippen LogP contribution in [0.3, 0.4) is 0 Å². The lowest BCUT2D eigenvalue weighted by molar-refractivity contribution is 0.164. The number of allylic oxidation sites excluding steroid dienone is 1. The van der Waals surface area contributed by atoms with Gasteiger partial charge in [0.05, 0.1) is 16.5 Å². The third kappa shape index (κ3) is 2.38. The van der Waals surface area contributed by atoms with Gasteiger partial charge in [-0.15, -0.1) is 0 Å². The predicted octanol–water partition coefficient (Wildman–Crippen LogP) is 4.02. The van der Waals surface area contributed by atoms with Crippen LogP contribution in [0, 0.1) is 5.92 Å². The Labute approximate surface area is 133 Å². The lowest BCUT2D eigenvalue weighted by atomic mass is 9.84. The van der Waals surface area contributed by atoms with Crippen molar-refractivity contribution in [1.29, 1.82) is 0 Å². The molecule has 0 radical (unpaired) electrons. The maximum atomic E-state index is 12.3. The second kappa shape index (κ2) is 5.25. The van der Waals surface area contributed by atoms with E-state index in [1.807, 2.05) is 6.08 Å². The van der Waals surface area contributed by atoms with Gasteiger partial charge < -0.3 is 9.52 Å². The van der Waals surface area contributed by atoms with Crippen molar-refractivity contribution in [3.8, 4) is 0 Å². The molecule has 1 aromatic heterocycles. The molecule has 2 aliphatic rings. The van der Waals surface area contributed by atoms with Gasteiger partial charge in [-0.25, -0.2) is 0 Å². The highest BCUT2D eigenvalue weighted by Crippen LogP contribution is 2.44. The zero-order valence-corrected chi connectivity index (χ0v) is 12.8. The molecule has 1 heterocycles. The Morgan fingerprint density at radius 1 is 1.23 bits per heavy atom. The van der Waals surface area contributed by atoms with E-state index in [1.54, 1.807) is 18.2 Å². The van der Waals surface area contributed by atoms with E-state index in [0.717, 1.165) is 12.8 Å². The topological polar surface area (TPSA) is 50.4 Å². The van der Waals surface area contributed by atoms with Gasteiger partial charge in [0.25, 0.3) is 0 Å². The van der Waals surface area contributed by atoms with Crippen LogP contribution in [0.4, 0.5) is 0 Å². The summed E-state index contributed by atoms with van der Waals surface area (Å²) in [7, 11) is 0. The number of para-hydroxylation sites is 1. The number of hydrogen-bond donors (Lipinski definition) is 1. The lowest BCUT2D eigenvalue weighted by Gasteiger charge is -2.26. The second-order valence-electron chi connectivity index (χ2n) is 6.28. The molecule has 2 aliphatic carbocycles. The van der Waals surface area contributed by atoms with Crippen LogP contribution < -0.4 is 5.43 Å². The molecule has 3 nitrogen and oxygen atoms in total. The average molecular weight is 317 g/mol. The van der Waals surface area contributed by atoms with Crippen LogP contribution in [0.1, 0.15) is 37.4 Å². The molecule has 1 aromatic carbocycles. The maximum Gasteiger partial charge on any atom is 0.193 e. The summed E-state index contributed by atoms with van der Waals surface area (Å²) in [6, 6.07) is 6.65. The SMILES string of the molecule is O=c1cc(C2CCC(C3CC3)=CC2O)oc2c(Cl)cccc12. The minimum absolute atomic E-state index is 0.108. The van der Waals surface area contributed by atoms with Crippen LogP contribution in [0.2, 0.25) is 5.02 Å². The average Bonchev–Trinajstić information content (AvgIpc) is 3.33. The summed E-state index contributed by atoms with van der Waals surface area (Å²) < 4.78 is 5.87. The Balaban J connectivity index is 1.75. The zero-order chi connectivity index (χ0) is 15.3. The smallest absolute Gasteiger partial charge is 0.193 e. The van der Waals surface area contributed by atoms with Gasteiger partial charge in [-0.3, -0.25) is 4.79 Å². The fraction of sp³-hybridized carbons (Fsp3) is 0.389. The van der Waals surface area contributed by atoms with E-state index in [0.29, 0.717) is 27.7 Å². The highest BCUT2D eigenvalue weighted by Gasteiger charge is 2.33. The molecule has 0 amide bonds. The summed E-state index contributed by atoms with van der Waals surface area (Å²) >= 11 is 6.14. The minimum atomic E-state index is -0.590. The fourth-order valence-electron chi connectivity index (χ4n) is 3.36. The Morgan fingerprint density at radius 2 is 2.05 bits per heavy atom. The van der Waals surface area contributed by atoms with Gasteiger partial charge in [0.15, 0.2) is 11.0 Å². The summed E-state index contributed by atoms with van der Waals surface area (Å²) in [5, 5.41) is 11.3. The van der Waals surface area contributed by atoms with Crippen molar-refractivity contribution in [2.24, 2.45) is 5.92 Å². The number of rotatable bonds is 2. The molecule has 0 bridgehead atoms. The molecule has 1 N–H and O–H groups in total. The second-order valence-corrected chi connectivity index (χ2v) is 6.69. The Bertz CT molecular complexity index is 817. The summed E-state index contributed by atoms with van der Waals surface area (Å²) in [6.07, 6.45) is 5.63. The summed E-state index contributed by atoms with van der Waals surface area (Å²) in [4.78, 5) is 12.3. The Kier molecular flexibility index (Phi) is 3.35. The van der Waals surface area contributed by atoms with E-state index >= 15 is 0 Å². The molecule has 2 atom stereocenters. The first-order chi connectivity index (χ1) is 10.6. The molecular formula is C18H17ClO3. The zero-order valence-electron chi connectivity index (χ0n) is 12.1. The van der Waals surface area contributed by atoms with Crippen molar-refractivity contribution in [3.63, 3.8) is 0 Å². The van der Waals surface area contributed by atoms with E-state index in [1.165, 1.54) is 24.5 Å². The first-order valence-electron chi connectivity index (χ1n) is 7.74. The molecule has 4 heteroatoms. The first kappa shape index (κ1) is 14.0. The van der Waals surface area contributed by atoms with Crippen molar-refractivity contribution in [2.45, 2.75) is 37.7 Å². The molecule has 0 aliphatic heterocycles. The highest BCUT2D eigenvalue weighted by atomic mass is 35.5. The van der Waals surface area contributed by atoms with E-state index in [-0.39, 0.29) is 11.3 Å². The molecule has 114 valence electrons. The van der Waals surface area contributed by atoms with Crippen LogP contribution in [0.25, 0.3) is 11.0 Å². The van der Waals surface area contributed by atoms with Crippen LogP contribution in [-0.4, -0.2) is 11.2 Å². The minimum Gasteiger partial charge on any atom is -0.459 e. The Morgan fingerprint density at radius 3 is 2.77 bits per heavy atom. The molecule has 0 spiro atoms. The van der Waals surface area contributed by atoms with E-state index < -0.39 is 6.10 Å². The van der Waals surface area contributed by atoms with Gasteiger partial charge >= 0.3 is 0 Å². The molecule has 4 rings (SSSR count). The molecule has 2 unspecified atom stereocenters. The highest BCUT2D eigenvalue weighted by molar-refractivity contribution is 6.34. The Hall–Kier alpha value is -1.58. The quantitative estimate of drug-likeness (QED) is 0.851. The van der Waals surface area contributed by atoms with Crippen molar-refractivity contribution in [3.05, 3.63) is 56.9 Å². The maximum absolute atomic E-state index is 12.3. The van der Waals surface area contributed by atoms with Gasteiger partial charge in [-0.05, 0) is 43.7 Å². The van der Waals surface area contributed by atoms with Crippen molar-refractivity contribution in [1.82, 2.24) is 0 Å². The normalized spacial score (nSPS) is 25.3. The largest absolute Gasteiger partial charge is 0.459 e. The molecule has 1 saturated carbocycles. The number of hydrogen-bond acceptors (Lipinski definition) is 3. The van der Waals surface area contributed by atoms with Crippen LogP contribution in [0.5, 0.6) is 0 Å². The van der Waals surface area contributed by atoms with Crippen molar-refractivity contribution >= 4 is 22.6 Å². The van der Waals surface area contributed by atoms with Crippen LogP contribution in [-0.2, 0) is 0 Å². The van der Waals surface area contributed by atoms with Gasteiger partial charge in [-0.2, -0.15) is 0 Å². The molecule has 1 fully saturated rings. The summed E-state index contributed by atoms with van der Waals surface area (Å²) in [5.41, 5.74) is 1.67. The van der Waals surface area contributed by atoms with Crippen molar-refractivity contribution < 1.29 is 9.52 Å². The molecule has 22 heavy (non-hydrogen) atoms. The fourth-order valence-corrected chi connectivity index (χ4v) is 3.57. The van der Waals surface area contributed by atoms with Crippen molar-refractivity contribution in [2.75, 3.05) is 0 Å². The van der Waals surface area contributed by atoms with E-state index in [2.05, 4.69) is 0 Å². The predicted molar refractivity (Wildman–Crippen MR) is 86.3 cm³/mol. The number of benzene rings is 1. The standard InChI is InChI=1S/C18H17ClO3/c19-14-3-1-2-13-16(21)9-17(22-18(13)14)12-7-6-11(8-15(12)20)10-4-5-10/h1-3,8-10,12,15,20H,4-7H2. The number of fused-ring (bicyclic) bond motifs is 1. The van der Waals surface area contributed by atoms with Gasteiger partial charge in [0, 0.05) is 12.0 Å². The molecule has 2 aromatic rings. The summed E-state index contributed by atoms with van der Waals surface area (Å²) in [5.74, 6) is 1.04. The monoisotopic (exact) mass is 316 g/mol. The van der Waals surface area contributed by atoms with E-state index in [4.69, 9.17) is 16.0 Å². The number of aliphatic hydroxyl groups excluding tert-OH is 1. The molecular weight excluding hydrogens is 300 g/mol. The van der Waals surface area contributed by atoms with Crippen LogP contribution >= 0.6 is 11.6 Å². The van der Waals surface area contributed by atoms with E-state index in [9.17, 15) is 9.90 Å².